The van der Waals surface area contributed by atoms with Crippen LogP contribution in [0.3, 0.4) is 0 Å². The van der Waals surface area contributed by atoms with Gasteiger partial charge >= 0.3 is 0 Å². The Morgan fingerprint density at radius 2 is 2.00 bits per heavy atom. The molecule has 0 aliphatic carbocycles. The molecule has 0 saturated carbocycles. The zero-order valence-corrected chi connectivity index (χ0v) is 7.18. The van der Waals surface area contributed by atoms with Crippen LogP contribution in [0.1, 0.15) is 27.7 Å². The molecular weight excluding hydrogens is 124 g/mol. The third-order valence-electron chi connectivity index (χ3n) is 1.26. The largest absolute Gasteiger partial charge is 0.283 e. The van der Waals surface area contributed by atoms with Crippen LogP contribution in [-0.4, -0.2) is 6.21 Å². The lowest BCUT2D eigenvalue weighted by atomic mass is 10.1. The fourth-order valence-electron chi connectivity index (χ4n) is 0.666. The summed E-state index contributed by atoms with van der Waals surface area (Å²) in [5.41, 5.74) is 4.11. The molecule has 0 rings (SSSR count). The van der Waals surface area contributed by atoms with Crippen molar-refractivity contribution in [3.05, 3.63) is 11.8 Å². The van der Waals surface area contributed by atoms with Gasteiger partial charge in [0.05, 0.1) is 0 Å². The van der Waals surface area contributed by atoms with E-state index in [4.69, 9.17) is 0 Å². The number of hydrogen-bond donors (Lipinski definition) is 1. The molecule has 0 aromatic heterocycles. The highest BCUT2D eigenvalue weighted by Crippen LogP contribution is 2.04. The molecule has 2 nitrogen and oxygen atoms in total. The van der Waals surface area contributed by atoms with Crippen molar-refractivity contribution >= 4 is 6.21 Å². The lowest BCUT2D eigenvalue weighted by molar-refractivity contribution is 0.673. The molecule has 58 valence electrons. The maximum atomic E-state index is 3.92. The van der Waals surface area contributed by atoms with Crippen LogP contribution in [0.5, 0.6) is 0 Å². The molecule has 0 aliphatic rings. The molecule has 0 spiro atoms. The van der Waals surface area contributed by atoms with E-state index in [1.807, 2.05) is 19.9 Å². The van der Waals surface area contributed by atoms with E-state index in [0.717, 1.165) is 5.70 Å². The van der Waals surface area contributed by atoms with Crippen molar-refractivity contribution in [2.24, 2.45) is 11.0 Å². The Labute approximate surface area is 63.0 Å². The molecule has 0 radical (unpaired) electrons. The Morgan fingerprint density at radius 1 is 1.40 bits per heavy atom. The third-order valence-corrected chi connectivity index (χ3v) is 1.26. The van der Waals surface area contributed by atoms with Crippen molar-refractivity contribution in [3.63, 3.8) is 0 Å². The quantitative estimate of drug-likeness (QED) is 0.471. The predicted molar refractivity (Wildman–Crippen MR) is 45.9 cm³/mol. The highest BCUT2D eigenvalue weighted by atomic mass is 15.3. The molecule has 0 fully saturated rings. The molecule has 0 unspecified atom stereocenters. The molecule has 0 bridgehead atoms. The van der Waals surface area contributed by atoms with Gasteiger partial charge in [-0.2, -0.15) is 5.10 Å². The maximum absolute atomic E-state index is 3.92. The fraction of sp³-hybridized carbons (Fsp3) is 0.625. The van der Waals surface area contributed by atoms with E-state index in [1.54, 1.807) is 6.21 Å². The van der Waals surface area contributed by atoms with Crippen LogP contribution in [-0.2, 0) is 0 Å². The van der Waals surface area contributed by atoms with Gasteiger partial charge in [0, 0.05) is 11.9 Å². The molecule has 0 amide bonds. The van der Waals surface area contributed by atoms with Crippen LogP contribution in [0.4, 0.5) is 0 Å². The van der Waals surface area contributed by atoms with Gasteiger partial charge in [-0.1, -0.05) is 19.9 Å². The summed E-state index contributed by atoms with van der Waals surface area (Å²) in [4.78, 5) is 0. The van der Waals surface area contributed by atoms with Crippen molar-refractivity contribution in [2.75, 3.05) is 0 Å². The first kappa shape index (κ1) is 9.21. The number of hydrazone groups is 1. The Hall–Kier alpha value is -0.790. The minimum Gasteiger partial charge on any atom is -0.283 e. The topological polar surface area (TPSA) is 24.4 Å². The Balaban J connectivity index is 3.86. The summed E-state index contributed by atoms with van der Waals surface area (Å²) in [6.45, 7) is 8.16. The van der Waals surface area contributed by atoms with E-state index >= 15 is 0 Å². The molecule has 0 aliphatic heterocycles. The fourth-order valence-corrected chi connectivity index (χ4v) is 0.666. The SMILES string of the molecule is C/C=C(\N/N=C/C)C(C)C. The predicted octanol–water partition coefficient (Wildman–Crippen LogP) is 2.14. The van der Waals surface area contributed by atoms with Gasteiger partial charge in [-0.15, -0.1) is 0 Å². The van der Waals surface area contributed by atoms with E-state index in [1.165, 1.54) is 0 Å². The number of rotatable bonds is 3. The first-order valence-corrected chi connectivity index (χ1v) is 3.62. The van der Waals surface area contributed by atoms with Crippen molar-refractivity contribution < 1.29 is 0 Å². The van der Waals surface area contributed by atoms with Gasteiger partial charge in [-0.25, -0.2) is 0 Å². The Morgan fingerprint density at radius 3 is 2.30 bits per heavy atom. The summed E-state index contributed by atoms with van der Waals surface area (Å²) in [6, 6.07) is 0. The third kappa shape index (κ3) is 3.28. The minimum atomic E-state index is 0.522. The summed E-state index contributed by atoms with van der Waals surface area (Å²) < 4.78 is 0. The normalized spacial score (nSPS) is 13.1. The number of nitrogens with one attached hydrogen (secondary N) is 1. The molecule has 2 heteroatoms. The number of nitrogens with zero attached hydrogens (tertiary/aromatic N) is 1. The average Bonchev–Trinajstić information content (AvgIpc) is 1.89. The summed E-state index contributed by atoms with van der Waals surface area (Å²) in [5, 5.41) is 3.92. The van der Waals surface area contributed by atoms with Gasteiger partial charge in [0.15, 0.2) is 0 Å². The van der Waals surface area contributed by atoms with E-state index in [9.17, 15) is 0 Å². The second-order valence-corrected chi connectivity index (χ2v) is 2.40. The molecular formula is C8H16N2. The zero-order valence-electron chi connectivity index (χ0n) is 7.18. The van der Waals surface area contributed by atoms with Crippen molar-refractivity contribution in [3.8, 4) is 0 Å². The molecule has 0 aromatic rings. The second kappa shape index (κ2) is 5.03. The Kier molecular flexibility index (Phi) is 4.63. The molecule has 0 heterocycles. The summed E-state index contributed by atoms with van der Waals surface area (Å²) in [7, 11) is 0. The van der Waals surface area contributed by atoms with Crippen LogP contribution in [0.2, 0.25) is 0 Å². The summed E-state index contributed by atoms with van der Waals surface area (Å²) in [5.74, 6) is 0.522. The van der Waals surface area contributed by atoms with E-state index in [-0.39, 0.29) is 0 Å². The molecule has 10 heavy (non-hydrogen) atoms. The standard InChI is InChI=1S/C8H16N2/c1-5-8(7(3)4)10-9-6-2/h5-7,10H,1-4H3/b8-5-,9-6+. The lowest BCUT2D eigenvalue weighted by Crippen LogP contribution is -2.10. The van der Waals surface area contributed by atoms with Gasteiger partial charge in [-0.3, -0.25) is 5.43 Å². The first-order valence-electron chi connectivity index (χ1n) is 3.62. The van der Waals surface area contributed by atoms with Crippen LogP contribution >= 0.6 is 0 Å². The lowest BCUT2D eigenvalue weighted by Gasteiger charge is -2.08. The van der Waals surface area contributed by atoms with Crippen molar-refractivity contribution in [1.82, 2.24) is 5.43 Å². The van der Waals surface area contributed by atoms with Crippen LogP contribution in [0, 0.1) is 5.92 Å². The molecule has 0 atom stereocenters. The van der Waals surface area contributed by atoms with E-state index < -0.39 is 0 Å². The zero-order chi connectivity index (χ0) is 7.98. The van der Waals surface area contributed by atoms with Crippen LogP contribution in [0.25, 0.3) is 0 Å². The van der Waals surface area contributed by atoms with Gasteiger partial charge in [0.25, 0.3) is 0 Å². The molecule has 0 saturated heterocycles. The average molecular weight is 140 g/mol. The number of allylic oxidation sites excluding steroid dienone is 2. The van der Waals surface area contributed by atoms with Crippen LogP contribution in [0.15, 0.2) is 16.9 Å². The second-order valence-electron chi connectivity index (χ2n) is 2.40. The van der Waals surface area contributed by atoms with Crippen molar-refractivity contribution in [2.45, 2.75) is 27.7 Å². The van der Waals surface area contributed by atoms with Crippen molar-refractivity contribution in [1.29, 1.82) is 0 Å². The monoisotopic (exact) mass is 140 g/mol. The highest BCUT2D eigenvalue weighted by Gasteiger charge is 1.97. The molecule has 0 aromatic carbocycles. The van der Waals surface area contributed by atoms with Gasteiger partial charge in [-0.05, 0) is 19.8 Å². The summed E-state index contributed by atoms with van der Waals surface area (Å²) in [6.07, 6.45) is 3.78. The van der Waals surface area contributed by atoms with Gasteiger partial charge in [0.1, 0.15) is 0 Å². The number of hydrogen-bond acceptors (Lipinski definition) is 2. The first-order chi connectivity index (χ1) is 4.72. The van der Waals surface area contributed by atoms with Crippen LogP contribution < -0.4 is 5.43 Å². The van der Waals surface area contributed by atoms with Gasteiger partial charge < -0.3 is 0 Å². The minimum absolute atomic E-state index is 0.522. The Bertz CT molecular complexity index is 134. The van der Waals surface area contributed by atoms with E-state index in [2.05, 4.69) is 24.4 Å². The van der Waals surface area contributed by atoms with E-state index in [0.29, 0.717) is 5.92 Å². The summed E-state index contributed by atoms with van der Waals surface area (Å²) >= 11 is 0. The smallest absolute Gasteiger partial charge is 0.0318 e. The van der Waals surface area contributed by atoms with Gasteiger partial charge in [0.2, 0.25) is 0 Å². The molecule has 1 N–H and O–H groups in total. The highest BCUT2D eigenvalue weighted by molar-refractivity contribution is 5.52. The maximum Gasteiger partial charge on any atom is 0.0318 e.